The van der Waals surface area contributed by atoms with Gasteiger partial charge in [-0.25, -0.2) is 0 Å². The molecule has 0 spiro atoms. The maximum atomic E-state index is 11.1. The molecule has 4 heteroatoms. The van der Waals surface area contributed by atoms with Gasteiger partial charge in [-0.2, -0.15) is 0 Å². The standard InChI is InChI=1S/C25H31BrN2O/c1-24(2)17-10-11-25(24,3)16-27(13-17)14-19(29)15-28-22-7-5-4-6-20(22)21-12-18(26)8-9-23(21)28/h4-9,12,17,19,29H,10-11,13-16H2,1-3H3. The van der Waals surface area contributed by atoms with Crippen molar-refractivity contribution in [1.29, 1.82) is 0 Å². The lowest BCUT2D eigenvalue weighted by Gasteiger charge is -2.50. The van der Waals surface area contributed by atoms with E-state index in [0.717, 1.165) is 30.0 Å². The second kappa shape index (κ2) is 6.83. The van der Waals surface area contributed by atoms with Crippen LogP contribution in [0.1, 0.15) is 33.6 Å². The minimum Gasteiger partial charge on any atom is -0.390 e. The molecule has 5 rings (SSSR count). The van der Waals surface area contributed by atoms with Crippen molar-refractivity contribution in [3.63, 3.8) is 0 Å². The molecule has 154 valence electrons. The topological polar surface area (TPSA) is 28.4 Å². The number of aliphatic hydroxyl groups is 1. The first-order chi connectivity index (χ1) is 13.8. The molecule has 1 N–H and O–H groups in total. The first-order valence-corrected chi connectivity index (χ1v) is 11.6. The molecule has 3 atom stereocenters. The molecule has 2 heterocycles. The van der Waals surface area contributed by atoms with Crippen molar-refractivity contribution in [2.75, 3.05) is 19.6 Å². The van der Waals surface area contributed by atoms with Gasteiger partial charge in [-0.15, -0.1) is 0 Å². The van der Waals surface area contributed by atoms with Crippen molar-refractivity contribution in [3.05, 3.63) is 46.9 Å². The molecule has 1 aliphatic heterocycles. The van der Waals surface area contributed by atoms with Gasteiger partial charge in [0.2, 0.25) is 0 Å². The largest absolute Gasteiger partial charge is 0.390 e. The maximum absolute atomic E-state index is 11.1. The molecular weight excluding hydrogens is 424 g/mol. The van der Waals surface area contributed by atoms with Crippen LogP contribution in [0.15, 0.2) is 46.9 Å². The number of para-hydroxylation sites is 1. The molecule has 1 aromatic heterocycles. The summed E-state index contributed by atoms with van der Waals surface area (Å²) in [5, 5.41) is 13.6. The summed E-state index contributed by atoms with van der Waals surface area (Å²) in [6.07, 6.45) is 2.28. The lowest BCUT2D eigenvalue weighted by atomic mass is 9.63. The summed E-state index contributed by atoms with van der Waals surface area (Å²) in [5.74, 6) is 0.749. The highest BCUT2D eigenvalue weighted by Crippen LogP contribution is 2.58. The van der Waals surface area contributed by atoms with Crippen molar-refractivity contribution in [2.45, 2.75) is 46.3 Å². The lowest BCUT2D eigenvalue weighted by Crippen LogP contribution is -2.53. The van der Waals surface area contributed by atoms with E-state index < -0.39 is 0 Å². The highest BCUT2D eigenvalue weighted by atomic mass is 79.9. The molecule has 3 aromatic rings. The zero-order chi connectivity index (χ0) is 20.4. The predicted octanol–water partition coefficient (Wildman–Crippen LogP) is 5.68. The first-order valence-electron chi connectivity index (χ1n) is 10.9. The maximum Gasteiger partial charge on any atom is 0.0845 e. The smallest absolute Gasteiger partial charge is 0.0845 e. The van der Waals surface area contributed by atoms with E-state index in [1.54, 1.807) is 0 Å². The van der Waals surface area contributed by atoms with Gasteiger partial charge in [0.1, 0.15) is 0 Å². The quantitative estimate of drug-likeness (QED) is 0.549. The number of β-amino-alcohol motifs (C(OH)–C–C–N with tert-alkyl or cyclic N) is 1. The van der Waals surface area contributed by atoms with Gasteiger partial charge in [-0.05, 0) is 53.9 Å². The average molecular weight is 455 g/mol. The highest BCUT2D eigenvalue weighted by Gasteiger charge is 2.55. The number of likely N-dealkylation sites (tertiary alicyclic amines) is 1. The van der Waals surface area contributed by atoms with Crippen LogP contribution in [0.3, 0.4) is 0 Å². The van der Waals surface area contributed by atoms with Crippen LogP contribution in [0, 0.1) is 16.7 Å². The fourth-order valence-electron chi connectivity index (χ4n) is 6.07. The zero-order valence-electron chi connectivity index (χ0n) is 17.7. The Morgan fingerprint density at radius 1 is 1.07 bits per heavy atom. The van der Waals surface area contributed by atoms with Gasteiger partial charge in [0.05, 0.1) is 12.6 Å². The Balaban J connectivity index is 1.40. The van der Waals surface area contributed by atoms with Gasteiger partial charge in [0.25, 0.3) is 0 Å². The number of aromatic nitrogens is 1. The number of nitrogens with zero attached hydrogens (tertiary/aromatic N) is 2. The van der Waals surface area contributed by atoms with Crippen LogP contribution in [0.25, 0.3) is 21.8 Å². The molecule has 2 aromatic carbocycles. The number of piperidine rings is 1. The molecule has 3 unspecified atom stereocenters. The van der Waals surface area contributed by atoms with Crippen LogP contribution < -0.4 is 0 Å². The van der Waals surface area contributed by atoms with Crippen LogP contribution in [0.5, 0.6) is 0 Å². The number of hydrogen-bond acceptors (Lipinski definition) is 2. The number of rotatable bonds is 4. The molecule has 3 nitrogen and oxygen atoms in total. The van der Waals surface area contributed by atoms with Gasteiger partial charge >= 0.3 is 0 Å². The molecule has 1 saturated carbocycles. The predicted molar refractivity (Wildman–Crippen MR) is 124 cm³/mol. The summed E-state index contributed by atoms with van der Waals surface area (Å²) in [5.41, 5.74) is 3.18. The Morgan fingerprint density at radius 3 is 2.62 bits per heavy atom. The molecule has 1 saturated heterocycles. The molecule has 2 aliphatic rings. The number of halogens is 1. The van der Waals surface area contributed by atoms with Crippen LogP contribution >= 0.6 is 15.9 Å². The summed E-state index contributed by atoms with van der Waals surface area (Å²) in [6.45, 7) is 11.0. The third-order valence-electron chi connectivity index (χ3n) is 8.27. The highest BCUT2D eigenvalue weighted by molar-refractivity contribution is 9.10. The second-order valence-electron chi connectivity index (χ2n) is 10.2. The Morgan fingerprint density at radius 2 is 1.83 bits per heavy atom. The molecule has 0 radical (unpaired) electrons. The minimum atomic E-state index is -0.373. The monoisotopic (exact) mass is 454 g/mol. The van der Waals surface area contributed by atoms with E-state index in [1.807, 2.05) is 0 Å². The Labute approximate surface area is 181 Å². The van der Waals surface area contributed by atoms with E-state index in [-0.39, 0.29) is 6.10 Å². The average Bonchev–Trinajstić information content (AvgIpc) is 2.98. The third-order valence-corrected chi connectivity index (χ3v) is 8.76. The van der Waals surface area contributed by atoms with Crippen LogP contribution in [0.2, 0.25) is 0 Å². The van der Waals surface area contributed by atoms with E-state index in [1.165, 1.54) is 34.6 Å². The fourth-order valence-corrected chi connectivity index (χ4v) is 6.43. The summed E-state index contributed by atoms with van der Waals surface area (Å²) in [6, 6.07) is 15.0. The molecule has 2 fully saturated rings. The molecule has 1 aliphatic carbocycles. The van der Waals surface area contributed by atoms with Crippen LogP contribution in [-0.4, -0.2) is 40.3 Å². The van der Waals surface area contributed by atoms with Gasteiger partial charge in [0.15, 0.2) is 0 Å². The second-order valence-corrected chi connectivity index (χ2v) is 11.1. The Hall–Kier alpha value is -1.36. The minimum absolute atomic E-state index is 0.370. The normalized spacial score (nSPS) is 27.7. The summed E-state index contributed by atoms with van der Waals surface area (Å²) >= 11 is 3.61. The Kier molecular flexibility index (Phi) is 4.61. The van der Waals surface area contributed by atoms with Crippen molar-refractivity contribution in [1.82, 2.24) is 9.47 Å². The molecule has 0 amide bonds. The number of hydrogen-bond donors (Lipinski definition) is 1. The number of aliphatic hydroxyl groups excluding tert-OH is 1. The van der Waals surface area contributed by atoms with Crippen molar-refractivity contribution in [2.24, 2.45) is 16.7 Å². The fraction of sp³-hybridized carbons (Fsp3) is 0.520. The van der Waals surface area contributed by atoms with E-state index in [9.17, 15) is 5.11 Å². The van der Waals surface area contributed by atoms with E-state index in [0.29, 0.717) is 17.4 Å². The van der Waals surface area contributed by atoms with Crippen molar-refractivity contribution in [3.8, 4) is 0 Å². The summed E-state index contributed by atoms with van der Waals surface area (Å²) in [4.78, 5) is 2.53. The van der Waals surface area contributed by atoms with Crippen LogP contribution in [-0.2, 0) is 6.54 Å². The number of fused-ring (bicyclic) bond motifs is 5. The summed E-state index contributed by atoms with van der Waals surface area (Å²) in [7, 11) is 0. The van der Waals surface area contributed by atoms with Crippen molar-refractivity contribution >= 4 is 37.7 Å². The third kappa shape index (κ3) is 3.07. The molecule has 29 heavy (non-hydrogen) atoms. The van der Waals surface area contributed by atoms with Gasteiger partial charge in [-0.1, -0.05) is 54.9 Å². The van der Waals surface area contributed by atoms with Crippen molar-refractivity contribution < 1.29 is 5.11 Å². The molecular formula is C25H31BrN2O. The lowest BCUT2D eigenvalue weighted by molar-refractivity contribution is -0.0345. The van der Waals surface area contributed by atoms with E-state index in [2.05, 4.69) is 88.6 Å². The van der Waals surface area contributed by atoms with Gasteiger partial charge in [0, 0.05) is 45.9 Å². The Bertz CT molecular complexity index is 1070. The van der Waals surface area contributed by atoms with Crippen LogP contribution in [0.4, 0.5) is 0 Å². The molecule has 2 bridgehead atoms. The van der Waals surface area contributed by atoms with Gasteiger partial charge < -0.3 is 9.67 Å². The van der Waals surface area contributed by atoms with Gasteiger partial charge in [-0.3, -0.25) is 4.90 Å². The van der Waals surface area contributed by atoms with E-state index >= 15 is 0 Å². The zero-order valence-corrected chi connectivity index (χ0v) is 19.2. The number of benzene rings is 2. The SMILES string of the molecule is CC12CCC(CN(CC(O)Cn3c4ccccc4c4cc(Br)ccc43)C1)C2(C)C. The first kappa shape index (κ1) is 19.6. The van der Waals surface area contributed by atoms with E-state index in [4.69, 9.17) is 0 Å². The summed E-state index contributed by atoms with van der Waals surface area (Å²) < 4.78 is 3.39.